The van der Waals surface area contributed by atoms with Crippen molar-refractivity contribution in [2.75, 3.05) is 20.1 Å². The molecule has 0 aromatic heterocycles. The van der Waals surface area contributed by atoms with Crippen LogP contribution in [-0.4, -0.2) is 61.8 Å². The van der Waals surface area contributed by atoms with Gasteiger partial charge in [0.2, 0.25) is 5.91 Å². The maximum atomic E-state index is 12.6. The number of carbonyl (C=O) groups excluding carboxylic acids is 3. The van der Waals surface area contributed by atoms with E-state index in [0.29, 0.717) is 5.56 Å². The zero-order valence-corrected chi connectivity index (χ0v) is 21.9. The molecule has 4 aliphatic carbocycles. The Morgan fingerprint density at radius 1 is 1.03 bits per heavy atom. The van der Waals surface area contributed by atoms with Gasteiger partial charge in [-0.1, -0.05) is 23.8 Å². The lowest BCUT2D eigenvalue weighted by Gasteiger charge is -2.58. The third-order valence-electron chi connectivity index (χ3n) is 8.32. The van der Waals surface area contributed by atoms with E-state index < -0.39 is 17.8 Å². The van der Waals surface area contributed by atoms with Gasteiger partial charge in [0.25, 0.3) is 0 Å². The Hall–Kier alpha value is -2.26. The monoisotopic (exact) mass is 526 g/mol. The average Bonchev–Trinajstić information content (AvgIpc) is 2.86. The van der Waals surface area contributed by atoms with Gasteiger partial charge in [-0.15, -0.1) is 0 Å². The molecule has 1 amide bonds. The third-order valence-corrected chi connectivity index (χ3v) is 8.32. The minimum atomic E-state index is -4.22. The van der Waals surface area contributed by atoms with Crippen molar-refractivity contribution in [2.45, 2.75) is 76.6 Å². The number of alkyl halides is 3. The van der Waals surface area contributed by atoms with Gasteiger partial charge in [0.15, 0.2) is 0 Å². The van der Waals surface area contributed by atoms with Crippen LogP contribution in [0.15, 0.2) is 24.3 Å². The Balaban J connectivity index is 0.000000272. The minimum Gasteiger partial charge on any atom is -0.383 e. The van der Waals surface area contributed by atoms with E-state index in [2.05, 4.69) is 17.3 Å². The highest BCUT2D eigenvalue weighted by Gasteiger charge is 2.55. The number of hydrogen-bond donors (Lipinski definition) is 2. The number of rotatable bonds is 3. The summed E-state index contributed by atoms with van der Waals surface area (Å²) in [6, 6.07) is 5.48. The highest BCUT2D eigenvalue weighted by molar-refractivity contribution is 5.81. The largest absolute Gasteiger partial charge is 0.416 e. The van der Waals surface area contributed by atoms with Gasteiger partial charge in [-0.2, -0.15) is 13.2 Å². The van der Waals surface area contributed by atoms with Crippen molar-refractivity contribution in [3.63, 3.8) is 0 Å². The molecule has 0 spiro atoms. The van der Waals surface area contributed by atoms with Gasteiger partial charge < -0.3 is 24.9 Å². The van der Waals surface area contributed by atoms with E-state index >= 15 is 0 Å². The summed E-state index contributed by atoms with van der Waals surface area (Å²) in [5.41, 5.74) is -0.0538. The van der Waals surface area contributed by atoms with E-state index in [0.717, 1.165) is 75.1 Å². The first-order valence-electron chi connectivity index (χ1n) is 12.9. The number of nitrogens with one attached hydrogen (secondary N) is 1. The van der Waals surface area contributed by atoms with E-state index in [-0.39, 0.29) is 17.4 Å². The Morgan fingerprint density at radius 3 is 1.92 bits per heavy atom. The van der Waals surface area contributed by atoms with Crippen molar-refractivity contribution in [2.24, 2.45) is 23.2 Å². The highest BCUT2D eigenvalue weighted by Crippen LogP contribution is 2.61. The number of benzene rings is 1. The molecule has 37 heavy (non-hydrogen) atoms. The fraction of sp³-hybridized carbons (Fsp3) is 0.679. The molecule has 9 heteroatoms. The van der Waals surface area contributed by atoms with Crippen molar-refractivity contribution in [3.05, 3.63) is 35.4 Å². The number of aliphatic hydroxyl groups is 1. The second kappa shape index (κ2) is 13.5. The number of nitrogens with zero attached hydrogens (tertiary/aromatic N) is 1. The molecule has 4 saturated carbocycles. The van der Waals surface area contributed by atoms with Gasteiger partial charge in [-0.3, -0.25) is 4.79 Å². The Kier molecular flexibility index (Phi) is 11.3. The van der Waals surface area contributed by atoms with E-state index in [1.165, 1.54) is 25.3 Å². The maximum Gasteiger partial charge on any atom is 0.416 e. The third kappa shape index (κ3) is 8.11. The van der Waals surface area contributed by atoms with Crippen LogP contribution in [0.3, 0.4) is 0 Å². The van der Waals surface area contributed by atoms with Crippen LogP contribution in [-0.2, 0) is 20.6 Å². The van der Waals surface area contributed by atoms with Crippen LogP contribution in [0.4, 0.5) is 13.2 Å². The quantitative estimate of drug-likeness (QED) is 0.609. The molecule has 1 aromatic carbocycles. The molecule has 6 rings (SSSR count). The molecule has 5 fully saturated rings. The molecule has 1 aliphatic heterocycles. The van der Waals surface area contributed by atoms with Crippen molar-refractivity contribution in [3.8, 4) is 0 Å². The molecule has 5 aliphatic rings. The number of piperidine rings is 1. The van der Waals surface area contributed by atoms with E-state index in [4.69, 9.17) is 9.59 Å². The maximum absolute atomic E-state index is 12.6. The number of amides is 1. The lowest BCUT2D eigenvalue weighted by atomic mass is 9.48. The molecular formula is C28H41F3N2O4. The second-order valence-electron chi connectivity index (χ2n) is 11.1. The lowest BCUT2D eigenvalue weighted by Crippen LogP contribution is -2.57. The second-order valence-corrected chi connectivity index (χ2v) is 11.1. The fourth-order valence-electron chi connectivity index (χ4n) is 7.05. The molecule has 0 radical (unpaired) electrons. The van der Waals surface area contributed by atoms with Crippen LogP contribution < -0.4 is 5.32 Å². The van der Waals surface area contributed by atoms with Gasteiger partial charge in [-0.05, 0) is 102 Å². The number of aryl methyl sites for hydroxylation is 1. The molecule has 2 N–H and O–H groups in total. The molecular weight excluding hydrogens is 485 g/mol. The van der Waals surface area contributed by atoms with Crippen molar-refractivity contribution >= 4 is 19.5 Å². The van der Waals surface area contributed by atoms with Crippen LogP contribution in [0.5, 0.6) is 0 Å². The van der Waals surface area contributed by atoms with Crippen molar-refractivity contribution in [1.82, 2.24) is 10.2 Å². The predicted molar refractivity (Wildman–Crippen MR) is 136 cm³/mol. The van der Waals surface area contributed by atoms with Gasteiger partial charge >= 0.3 is 6.18 Å². The van der Waals surface area contributed by atoms with Crippen LogP contribution >= 0.6 is 0 Å². The normalized spacial score (nSPS) is 29.4. The highest BCUT2D eigenvalue weighted by atomic mass is 19.4. The number of hydrogen-bond acceptors (Lipinski definition) is 5. The van der Waals surface area contributed by atoms with Gasteiger partial charge in [0.05, 0.1) is 5.56 Å². The summed E-state index contributed by atoms with van der Waals surface area (Å²) in [7, 11) is 2.13. The first-order valence-corrected chi connectivity index (χ1v) is 12.9. The molecule has 6 nitrogen and oxygen atoms in total. The van der Waals surface area contributed by atoms with E-state index in [9.17, 15) is 23.1 Å². The topological polar surface area (TPSA) is 86.7 Å². The summed E-state index contributed by atoms with van der Waals surface area (Å²) in [5, 5.41) is 14.0. The van der Waals surface area contributed by atoms with Crippen molar-refractivity contribution < 1.29 is 32.7 Å². The molecule has 1 saturated heterocycles. The van der Waals surface area contributed by atoms with Gasteiger partial charge in [-0.25, -0.2) is 0 Å². The fourth-order valence-corrected chi connectivity index (χ4v) is 7.05. The summed E-state index contributed by atoms with van der Waals surface area (Å²) < 4.78 is 35.9. The summed E-state index contributed by atoms with van der Waals surface area (Å²) in [4.78, 5) is 30.9. The molecule has 1 aromatic rings. The van der Waals surface area contributed by atoms with Gasteiger partial charge in [0, 0.05) is 11.5 Å². The smallest absolute Gasteiger partial charge is 0.383 e. The first kappa shape index (κ1) is 31.0. The first-order chi connectivity index (χ1) is 17.5. The Labute approximate surface area is 218 Å². The van der Waals surface area contributed by atoms with Crippen LogP contribution in [0.25, 0.3) is 0 Å². The summed E-state index contributed by atoms with van der Waals surface area (Å²) in [6.45, 7) is 7.71. The number of aliphatic hydroxyl groups excluding tert-OH is 1. The number of halogens is 3. The lowest BCUT2D eigenvalue weighted by molar-refractivity contribution is -0.156. The van der Waals surface area contributed by atoms with Gasteiger partial charge in [0.1, 0.15) is 19.7 Å². The molecule has 1 heterocycles. The molecule has 1 atom stereocenters. The van der Waals surface area contributed by atoms with Crippen LogP contribution in [0, 0.1) is 30.1 Å². The van der Waals surface area contributed by atoms with E-state index in [1.807, 2.05) is 13.6 Å². The summed E-state index contributed by atoms with van der Waals surface area (Å²) >= 11 is 0. The van der Waals surface area contributed by atoms with Crippen molar-refractivity contribution in [1.29, 1.82) is 0 Å². The molecule has 4 bridgehead atoms. The molecule has 1 unspecified atom stereocenters. The zero-order valence-electron chi connectivity index (χ0n) is 21.9. The average molecular weight is 527 g/mol. The predicted octanol–water partition coefficient (Wildman–Crippen LogP) is 4.42. The Morgan fingerprint density at radius 2 is 1.51 bits per heavy atom. The SMILES string of the molecule is C=O.C=O.CN1CCC(NC(=O)C(O)C23CC4CC(CC(C4)C2)C3)CC1.Cc1cccc(C(F)(F)F)c1. The van der Waals surface area contributed by atoms with Crippen LogP contribution in [0.2, 0.25) is 0 Å². The zero-order chi connectivity index (χ0) is 27.8. The summed E-state index contributed by atoms with van der Waals surface area (Å²) in [5.74, 6) is 2.24. The number of likely N-dealkylation sites (tertiary alicyclic amines) is 1. The summed E-state index contributed by atoms with van der Waals surface area (Å²) in [6.07, 6.45) is 4.33. The van der Waals surface area contributed by atoms with Crippen LogP contribution in [0.1, 0.15) is 62.5 Å². The minimum absolute atomic E-state index is 0.0866. The molecule has 208 valence electrons. The Bertz CT molecular complexity index is 834. The standard InChI is InChI=1S/C18H30N2O2.C8H7F3.2CH2O/c1-20-4-2-15(3-5-20)19-17(22)16(21)18-9-12-6-13(10-18)8-14(7-12)11-18;1-6-3-2-4-7(5-6)8(9,10)11;2*1-2/h12-16,21H,2-11H2,1H3,(H,19,22);2-5H,1H3;2*1H2. The number of carbonyl (C=O) groups is 3. The van der Waals surface area contributed by atoms with E-state index in [1.54, 1.807) is 13.0 Å².